The van der Waals surface area contributed by atoms with Gasteiger partial charge in [0.2, 0.25) is 5.91 Å². The zero-order valence-corrected chi connectivity index (χ0v) is 13.5. The fourth-order valence-corrected chi connectivity index (χ4v) is 2.83. The SMILES string of the molecule is O=C(CCc1cccc(F)c1)NCCN1CCOc2ccccc21. The second kappa shape index (κ2) is 7.81. The Kier molecular flexibility index (Phi) is 5.31. The number of para-hydroxylation sites is 2. The number of benzene rings is 2. The van der Waals surface area contributed by atoms with Gasteiger partial charge < -0.3 is 15.0 Å². The molecule has 2 aromatic rings. The number of carbonyl (C=O) groups excluding carboxylic acids is 1. The van der Waals surface area contributed by atoms with Crippen LogP contribution < -0.4 is 15.0 Å². The molecule has 0 spiro atoms. The van der Waals surface area contributed by atoms with Crippen molar-refractivity contribution in [3.05, 3.63) is 59.9 Å². The van der Waals surface area contributed by atoms with Gasteiger partial charge in [0.25, 0.3) is 0 Å². The normalized spacial score (nSPS) is 13.1. The highest BCUT2D eigenvalue weighted by Gasteiger charge is 2.16. The summed E-state index contributed by atoms with van der Waals surface area (Å²) in [7, 11) is 0. The highest BCUT2D eigenvalue weighted by molar-refractivity contribution is 5.76. The van der Waals surface area contributed by atoms with E-state index in [-0.39, 0.29) is 11.7 Å². The Morgan fingerprint density at radius 1 is 1.21 bits per heavy atom. The summed E-state index contributed by atoms with van der Waals surface area (Å²) in [5, 5.41) is 2.93. The predicted octanol–water partition coefficient (Wildman–Crippen LogP) is 2.77. The summed E-state index contributed by atoms with van der Waals surface area (Å²) < 4.78 is 18.7. The van der Waals surface area contributed by atoms with Crippen LogP contribution in [0.25, 0.3) is 0 Å². The highest BCUT2D eigenvalue weighted by Crippen LogP contribution is 2.30. The number of aryl methyl sites for hydroxylation is 1. The van der Waals surface area contributed by atoms with Crippen LogP contribution in [0.4, 0.5) is 10.1 Å². The first-order valence-electron chi connectivity index (χ1n) is 8.20. The van der Waals surface area contributed by atoms with E-state index >= 15 is 0 Å². The number of ether oxygens (including phenoxy) is 1. The third-order valence-electron chi connectivity index (χ3n) is 4.06. The zero-order chi connectivity index (χ0) is 16.8. The predicted molar refractivity (Wildman–Crippen MR) is 91.9 cm³/mol. The van der Waals surface area contributed by atoms with Crippen LogP contribution in [0, 0.1) is 5.82 Å². The minimum atomic E-state index is -0.265. The molecule has 0 unspecified atom stereocenters. The van der Waals surface area contributed by atoms with Gasteiger partial charge in [-0.25, -0.2) is 4.39 Å². The van der Waals surface area contributed by atoms with Crippen LogP contribution in [0.15, 0.2) is 48.5 Å². The van der Waals surface area contributed by atoms with Crippen molar-refractivity contribution in [3.63, 3.8) is 0 Å². The highest BCUT2D eigenvalue weighted by atomic mass is 19.1. The van der Waals surface area contributed by atoms with Gasteiger partial charge in [-0.1, -0.05) is 24.3 Å². The lowest BCUT2D eigenvalue weighted by molar-refractivity contribution is -0.121. The van der Waals surface area contributed by atoms with Gasteiger partial charge in [0.05, 0.1) is 12.2 Å². The summed E-state index contributed by atoms with van der Waals surface area (Å²) >= 11 is 0. The van der Waals surface area contributed by atoms with E-state index in [2.05, 4.69) is 10.2 Å². The van der Waals surface area contributed by atoms with E-state index in [1.54, 1.807) is 6.07 Å². The van der Waals surface area contributed by atoms with Crippen molar-refractivity contribution in [3.8, 4) is 5.75 Å². The third kappa shape index (κ3) is 4.25. The molecule has 24 heavy (non-hydrogen) atoms. The molecule has 0 radical (unpaired) electrons. The van der Waals surface area contributed by atoms with Gasteiger partial charge in [0, 0.05) is 19.5 Å². The molecule has 0 aliphatic carbocycles. The van der Waals surface area contributed by atoms with Gasteiger partial charge in [-0.2, -0.15) is 0 Å². The molecule has 3 rings (SSSR count). The number of nitrogens with zero attached hydrogens (tertiary/aromatic N) is 1. The summed E-state index contributed by atoms with van der Waals surface area (Å²) in [4.78, 5) is 14.2. The number of rotatable bonds is 6. The zero-order valence-electron chi connectivity index (χ0n) is 13.5. The standard InChI is InChI=1S/C19H21FN2O2/c20-16-5-3-4-15(14-16)8-9-19(23)21-10-11-22-12-13-24-18-7-2-1-6-17(18)22/h1-7,14H,8-13H2,(H,21,23). The number of fused-ring (bicyclic) bond motifs is 1. The molecule has 1 aliphatic rings. The lowest BCUT2D eigenvalue weighted by Crippen LogP contribution is -2.39. The van der Waals surface area contributed by atoms with Crippen LogP contribution in [0.3, 0.4) is 0 Å². The Hall–Kier alpha value is -2.56. The average molecular weight is 328 g/mol. The number of halogens is 1. The summed E-state index contributed by atoms with van der Waals surface area (Å²) in [5.74, 6) is 0.612. The van der Waals surface area contributed by atoms with E-state index in [0.717, 1.165) is 30.1 Å². The molecule has 0 saturated heterocycles. The van der Waals surface area contributed by atoms with E-state index in [1.165, 1.54) is 12.1 Å². The molecule has 2 aromatic carbocycles. The number of nitrogens with one attached hydrogen (secondary N) is 1. The Morgan fingerprint density at radius 2 is 2.08 bits per heavy atom. The lowest BCUT2D eigenvalue weighted by Gasteiger charge is -2.31. The molecule has 1 aliphatic heterocycles. The molecular formula is C19H21FN2O2. The van der Waals surface area contributed by atoms with Gasteiger partial charge in [-0.05, 0) is 36.2 Å². The average Bonchev–Trinajstić information content (AvgIpc) is 2.60. The maximum atomic E-state index is 13.1. The van der Waals surface area contributed by atoms with Crippen LogP contribution in [0.2, 0.25) is 0 Å². The smallest absolute Gasteiger partial charge is 0.220 e. The molecule has 0 bridgehead atoms. The summed E-state index contributed by atoms with van der Waals surface area (Å²) in [5.41, 5.74) is 1.91. The van der Waals surface area contributed by atoms with Gasteiger partial charge in [-0.3, -0.25) is 4.79 Å². The molecule has 4 nitrogen and oxygen atoms in total. The van der Waals surface area contributed by atoms with E-state index < -0.39 is 0 Å². The second-order valence-electron chi connectivity index (χ2n) is 5.78. The largest absolute Gasteiger partial charge is 0.490 e. The van der Waals surface area contributed by atoms with E-state index in [9.17, 15) is 9.18 Å². The first-order valence-corrected chi connectivity index (χ1v) is 8.20. The topological polar surface area (TPSA) is 41.6 Å². The Morgan fingerprint density at radius 3 is 2.96 bits per heavy atom. The number of hydrogen-bond donors (Lipinski definition) is 1. The minimum Gasteiger partial charge on any atom is -0.490 e. The number of anilines is 1. The molecule has 0 atom stereocenters. The van der Waals surface area contributed by atoms with Crippen molar-refractivity contribution >= 4 is 11.6 Å². The van der Waals surface area contributed by atoms with Crippen molar-refractivity contribution in [2.75, 3.05) is 31.1 Å². The molecule has 126 valence electrons. The van der Waals surface area contributed by atoms with Crippen LogP contribution >= 0.6 is 0 Å². The van der Waals surface area contributed by atoms with Gasteiger partial charge in [-0.15, -0.1) is 0 Å². The first-order chi connectivity index (χ1) is 11.7. The van der Waals surface area contributed by atoms with Crippen molar-refractivity contribution in [1.29, 1.82) is 0 Å². The van der Waals surface area contributed by atoms with Gasteiger partial charge in [0.15, 0.2) is 0 Å². The number of amides is 1. The second-order valence-corrected chi connectivity index (χ2v) is 5.78. The van der Waals surface area contributed by atoms with Crippen LogP contribution in [0.5, 0.6) is 5.75 Å². The number of carbonyl (C=O) groups is 1. The van der Waals surface area contributed by atoms with Crippen LogP contribution in [0.1, 0.15) is 12.0 Å². The van der Waals surface area contributed by atoms with E-state index in [0.29, 0.717) is 26.0 Å². The van der Waals surface area contributed by atoms with Gasteiger partial charge >= 0.3 is 0 Å². The van der Waals surface area contributed by atoms with Crippen molar-refractivity contribution in [1.82, 2.24) is 5.32 Å². The van der Waals surface area contributed by atoms with Crippen LogP contribution in [-0.2, 0) is 11.2 Å². The minimum absolute atomic E-state index is 0.0131. The molecular weight excluding hydrogens is 307 g/mol. The van der Waals surface area contributed by atoms with Crippen molar-refractivity contribution in [2.45, 2.75) is 12.8 Å². The third-order valence-corrected chi connectivity index (χ3v) is 4.06. The molecule has 0 fully saturated rings. The fourth-order valence-electron chi connectivity index (χ4n) is 2.83. The summed E-state index contributed by atoms with van der Waals surface area (Å²) in [6.45, 7) is 2.79. The maximum Gasteiger partial charge on any atom is 0.220 e. The van der Waals surface area contributed by atoms with Gasteiger partial charge in [0.1, 0.15) is 18.2 Å². The maximum absolute atomic E-state index is 13.1. The monoisotopic (exact) mass is 328 g/mol. The quantitative estimate of drug-likeness (QED) is 0.886. The first kappa shape index (κ1) is 16.3. The molecule has 1 amide bonds. The van der Waals surface area contributed by atoms with E-state index in [4.69, 9.17) is 4.74 Å². The Labute approximate surface area is 141 Å². The summed E-state index contributed by atoms with van der Waals surface area (Å²) in [6.07, 6.45) is 0.910. The molecule has 0 saturated carbocycles. The Balaban J connectivity index is 1.43. The molecule has 1 heterocycles. The van der Waals surface area contributed by atoms with E-state index in [1.807, 2.05) is 30.3 Å². The van der Waals surface area contributed by atoms with Crippen molar-refractivity contribution < 1.29 is 13.9 Å². The van der Waals surface area contributed by atoms with Crippen LogP contribution in [-0.4, -0.2) is 32.1 Å². The molecule has 5 heteroatoms. The fraction of sp³-hybridized carbons (Fsp3) is 0.316. The Bertz CT molecular complexity index is 705. The lowest BCUT2D eigenvalue weighted by atomic mass is 10.1. The molecule has 1 N–H and O–H groups in total. The summed E-state index contributed by atoms with van der Waals surface area (Å²) in [6, 6.07) is 14.3. The molecule has 0 aromatic heterocycles. The van der Waals surface area contributed by atoms with Crippen molar-refractivity contribution in [2.24, 2.45) is 0 Å². The number of hydrogen-bond acceptors (Lipinski definition) is 3.